The van der Waals surface area contributed by atoms with Gasteiger partial charge in [0.05, 0.1) is 11.3 Å². The molecule has 144 valence electrons. The Morgan fingerprint density at radius 3 is 2.67 bits per heavy atom. The smallest absolute Gasteiger partial charge is 0.256 e. The zero-order valence-electron chi connectivity index (χ0n) is 15.6. The molecule has 2 aliphatic rings. The molecule has 0 fully saturated rings. The summed E-state index contributed by atoms with van der Waals surface area (Å²) in [5, 5.41) is 2.91. The molecule has 0 spiro atoms. The van der Waals surface area contributed by atoms with E-state index < -0.39 is 10.0 Å². The summed E-state index contributed by atoms with van der Waals surface area (Å²) in [6.45, 7) is 0.889. The monoisotopic (exact) mass is 388 g/mol. The summed E-state index contributed by atoms with van der Waals surface area (Å²) in [5.41, 5.74) is 2.90. The van der Waals surface area contributed by atoms with E-state index in [0.717, 1.165) is 18.5 Å². The lowest BCUT2D eigenvalue weighted by atomic mass is 10.1. The standard InChI is InChI=1S/C19H24N4O3S/c1-22(2)17-8-5-15(6-9-17)4-3-11-20-19(24)16-7-10-18-21-27(25,26)13-12-23(18)14-16/h5-10,14H,3-4,11-13H2,1-2H3,(H,20,24). The predicted octanol–water partition coefficient (Wildman–Crippen LogP) is 1.30. The molecule has 0 bridgehead atoms. The second-order valence-corrected chi connectivity index (χ2v) is 8.52. The second kappa shape index (κ2) is 7.96. The van der Waals surface area contributed by atoms with E-state index in [9.17, 15) is 13.2 Å². The van der Waals surface area contributed by atoms with Crippen LogP contribution in [-0.4, -0.2) is 58.0 Å². The summed E-state index contributed by atoms with van der Waals surface area (Å²) >= 11 is 0. The molecule has 3 rings (SSSR count). The first-order valence-electron chi connectivity index (χ1n) is 8.88. The number of nitrogens with zero attached hydrogens (tertiary/aromatic N) is 3. The van der Waals surface area contributed by atoms with Crippen molar-refractivity contribution >= 4 is 27.5 Å². The number of carbonyl (C=O) groups excluding carboxylic acids is 1. The maximum Gasteiger partial charge on any atom is 0.256 e. The van der Waals surface area contributed by atoms with Crippen LogP contribution in [0.4, 0.5) is 5.69 Å². The first-order chi connectivity index (χ1) is 12.8. The Bertz CT molecular complexity index is 899. The van der Waals surface area contributed by atoms with Gasteiger partial charge in [0.25, 0.3) is 15.9 Å². The highest BCUT2D eigenvalue weighted by Gasteiger charge is 2.24. The molecule has 0 atom stereocenters. The molecule has 1 N–H and O–H groups in total. The number of aryl methyl sites for hydroxylation is 1. The van der Waals surface area contributed by atoms with Crippen LogP contribution in [0.15, 0.2) is 52.6 Å². The Kier molecular flexibility index (Phi) is 5.65. The normalized spacial score (nSPS) is 17.6. The summed E-state index contributed by atoms with van der Waals surface area (Å²) < 4.78 is 26.7. The number of nitrogens with one attached hydrogen (secondary N) is 1. The Balaban J connectivity index is 1.48. The number of amides is 1. The molecule has 0 aliphatic carbocycles. The van der Waals surface area contributed by atoms with Crippen molar-refractivity contribution in [2.45, 2.75) is 12.8 Å². The molecule has 7 nitrogen and oxygen atoms in total. The van der Waals surface area contributed by atoms with Gasteiger partial charge in [-0.2, -0.15) is 0 Å². The third-order valence-corrected chi connectivity index (χ3v) is 5.63. The minimum absolute atomic E-state index is 0.0393. The number of hydrogen-bond donors (Lipinski definition) is 1. The summed E-state index contributed by atoms with van der Waals surface area (Å²) in [4.78, 5) is 16.1. The van der Waals surface area contributed by atoms with Crippen molar-refractivity contribution in [3.05, 3.63) is 53.8 Å². The Labute approximate surface area is 160 Å². The molecule has 0 radical (unpaired) electrons. The molecule has 0 aromatic heterocycles. The first kappa shape index (κ1) is 19.2. The zero-order valence-corrected chi connectivity index (χ0v) is 16.4. The summed E-state index contributed by atoms with van der Waals surface area (Å²) in [6.07, 6.45) is 6.56. The highest BCUT2D eigenvalue weighted by Crippen LogP contribution is 2.16. The van der Waals surface area contributed by atoms with Gasteiger partial charge < -0.3 is 15.1 Å². The number of amidine groups is 1. The van der Waals surface area contributed by atoms with Crippen LogP contribution >= 0.6 is 0 Å². The van der Waals surface area contributed by atoms with E-state index in [-0.39, 0.29) is 11.7 Å². The van der Waals surface area contributed by atoms with Gasteiger partial charge in [0.1, 0.15) is 5.84 Å². The molecular formula is C19H24N4O3S. The minimum Gasteiger partial charge on any atom is -0.378 e. The molecule has 2 heterocycles. The third kappa shape index (κ3) is 4.97. The lowest BCUT2D eigenvalue weighted by Crippen LogP contribution is -2.38. The van der Waals surface area contributed by atoms with Crippen LogP contribution in [0, 0.1) is 0 Å². The SMILES string of the molecule is CN(C)c1ccc(CCCNC(=O)C2=CN3CCS(=O)(=O)N=C3C=C2)cc1. The molecule has 0 saturated heterocycles. The van der Waals surface area contributed by atoms with E-state index in [1.165, 1.54) is 5.56 Å². The number of fused-ring (bicyclic) bond motifs is 1. The fraction of sp³-hybridized carbons (Fsp3) is 0.368. The van der Waals surface area contributed by atoms with Crippen LogP contribution < -0.4 is 10.2 Å². The average molecular weight is 388 g/mol. The minimum atomic E-state index is -3.38. The van der Waals surface area contributed by atoms with Crippen molar-refractivity contribution in [1.29, 1.82) is 0 Å². The molecule has 0 saturated carbocycles. The topological polar surface area (TPSA) is 82.1 Å². The highest BCUT2D eigenvalue weighted by molar-refractivity contribution is 7.90. The summed E-state index contributed by atoms with van der Waals surface area (Å²) in [7, 11) is 0.641. The Morgan fingerprint density at radius 2 is 1.96 bits per heavy atom. The Morgan fingerprint density at radius 1 is 1.22 bits per heavy atom. The van der Waals surface area contributed by atoms with Gasteiger partial charge in [-0.25, -0.2) is 8.42 Å². The number of anilines is 1. The van der Waals surface area contributed by atoms with Gasteiger partial charge in [0, 0.05) is 39.1 Å². The van der Waals surface area contributed by atoms with Gasteiger partial charge in [-0.1, -0.05) is 12.1 Å². The Hall–Kier alpha value is -2.61. The number of benzene rings is 1. The van der Waals surface area contributed by atoms with Gasteiger partial charge in [-0.3, -0.25) is 4.79 Å². The van der Waals surface area contributed by atoms with E-state index in [1.807, 2.05) is 14.1 Å². The number of hydrogen-bond acceptors (Lipinski definition) is 5. The van der Waals surface area contributed by atoms with Crippen LogP contribution in [0.25, 0.3) is 0 Å². The van der Waals surface area contributed by atoms with Crippen molar-refractivity contribution in [1.82, 2.24) is 10.2 Å². The number of rotatable bonds is 6. The predicted molar refractivity (Wildman–Crippen MR) is 107 cm³/mol. The second-order valence-electron chi connectivity index (χ2n) is 6.77. The number of carbonyl (C=O) groups is 1. The first-order valence-corrected chi connectivity index (χ1v) is 10.5. The van der Waals surface area contributed by atoms with Crippen molar-refractivity contribution in [2.75, 3.05) is 37.8 Å². The van der Waals surface area contributed by atoms with Crippen molar-refractivity contribution in [2.24, 2.45) is 4.40 Å². The van der Waals surface area contributed by atoms with Crippen LogP contribution in [0.1, 0.15) is 12.0 Å². The maximum atomic E-state index is 12.3. The van der Waals surface area contributed by atoms with Crippen molar-refractivity contribution < 1.29 is 13.2 Å². The van der Waals surface area contributed by atoms with Gasteiger partial charge in [0.15, 0.2) is 0 Å². The fourth-order valence-corrected chi connectivity index (χ4v) is 3.86. The van der Waals surface area contributed by atoms with E-state index in [0.29, 0.717) is 24.5 Å². The van der Waals surface area contributed by atoms with Crippen molar-refractivity contribution in [3.8, 4) is 0 Å². The lowest BCUT2D eigenvalue weighted by molar-refractivity contribution is -0.117. The van der Waals surface area contributed by atoms with E-state index in [2.05, 4.69) is 38.9 Å². The lowest BCUT2D eigenvalue weighted by Gasteiger charge is -2.26. The fourth-order valence-electron chi connectivity index (χ4n) is 2.89. The molecular weight excluding hydrogens is 364 g/mol. The summed E-state index contributed by atoms with van der Waals surface area (Å²) in [5.74, 6) is 0.156. The molecule has 27 heavy (non-hydrogen) atoms. The molecule has 1 aromatic carbocycles. The van der Waals surface area contributed by atoms with Crippen LogP contribution in [0.2, 0.25) is 0 Å². The molecule has 0 unspecified atom stereocenters. The van der Waals surface area contributed by atoms with Crippen LogP contribution in [0.3, 0.4) is 0 Å². The van der Waals surface area contributed by atoms with Crippen LogP contribution in [-0.2, 0) is 21.2 Å². The van der Waals surface area contributed by atoms with Gasteiger partial charge in [-0.05, 0) is 42.7 Å². The van der Waals surface area contributed by atoms with Gasteiger partial charge in [0.2, 0.25) is 0 Å². The van der Waals surface area contributed by atoms with Crippen LogP contribution in [0.5, 0.6) is 0 Å². The largest absolute Gasteiger partial charge is 0.378 e. The zero-order chi connectivity index (χ0) is 19.4. The van der Waals surface area contributed by atoms with E-state index >= 15 is 0 Å². The summed E-state index contributed by atoms with van der Waals surface area (Å²) in [6, 6.07) is 8.39. The molecule has 1 aromatic rings. The maximum absolute atomic E-state index is 12.3. The molecule has 1 amide bonds. The van der Waals surface area contributed by atoms with Gasteiger partial charge in [-0.15, -0.1) is 4.40 Å². The average Bonchev–Trinajstić information content (AvgIpc) is 2.64. The van der Waals surface area contributed by atoms with Gasteiger partial charge >= 0.3 is 0 Å². The quantitative estimate of drug-likeness (QED) is 0.743. The number of sulfonamides is 1. The van der Waals surface area contributed by atoms with E-state index in [4.69, 9.17) is 0 Å². The van der Waals surface area contributed by atoms with Crippen molar-refractivity contribution in [3.63, 3.8) is 0 Å². The molecule has 2 aliphatic heterocycles. The van der Waals surface area contributed by atoms with E-state index in [1.54, 1.807) is 23.3 Å². The third-order valence-electron chi connectivity index (χ3n) is 4.47. The molecule has 8 heteroatoms. The highest BCUT2D eigenvalue weighted by atomic mass is 32.2.